The molecule has 0 saturated carbocycles. The second-order valence-corrected chi connectivity index (χ2v) is 6.40. The maximum absolute atomic E-state index is 4.52. The number of nitrogens with zero attached hydrogens (tertiary/aromatic N) is 2. The number of hydrogen-bond acceptors (Lipinski definition) is 2. The molecule has 1 aromatic carbocycles. The third kappa shape index (κ3) is 5.97. The van der Waals surface area contributed by atoms with Crippen molar-refractivity contribution in [3.8, 4) is 0 Å². The SMILES string of the molecule is CCC(CC)(CNC(=NC)NCc1cccc(C)n1)c1ccccc1.I. The maximum Gasteiger partial charge on any atom is 0.191 e. The molecule has 0 aliphatic carbocycles. The molecule has 0 fully saturated rings. The van der Waals surface area contributed by atoms with Crippen LogP contribution in [0.1, 0.15) is 43.6 Å². The second kappa shape index (κ2) is 11.2. The van der Waals surface area contributed by atoms with Gasteiger partial charge in [-0.2, -0.15) is 0 Å². The van der Waals surface area contributed by atoms with Crippen molar-refractivity contribution >= 4 is 29.9 Å². The number of aromatic nitrogens is 1. The Morgan fingerprint density at radius 3 is 2.27 bits per heavy atom. The van der Waals surface area contributed by atoms with Crippen LogP contribution in [0.15, 0.2) is 53.5 Å². The van der Waals surface area contributed by atoms with Crippen LogP contribution in [0.3, 0.4) is 0 Å². The second-order valence-electron chi connectivity index (χ2n) is 6.40. The number of hydrogen-bond donors (Lipinski definition) is 2. The Balaban J connectivity index is 0.00000338. The zero-order chi connectivity index (χ0) is 18.1. The van der Waals surface area contributed by atoms with Gasteiger partial charge < -0.3 is 10.6 Å². The highest BCUT2D eigenvalue weighted by Crippen LogP contribution is 2.30. The number of guanidine groups is 1. The van der Waals surface area contributed by atoms with Gasteiger partial charge in [-0.1, -0.05) is 50.2 Å². The zero-order valence-electron chi connectivity index (χ0n) is 16.2. The topological polar surface area (TPSA) is 49.3 Å². The van der Waals surface area contributed by atoms with E-state index < -0.39 is 0 Å². The Bertz CT molecular complexity index is 681. The van der Waals surface area contributed by atoms with Crippen LogP contribution in [0.4, 0.5) is 0 Å². The van der Waals surface area contributed by atoms with Gasteiger partial charge in [0.05, 0.1) is 12.2 Å². The summed E-state index contributed by atoms with van der Waals surface area (Å²) in [6, 6.07) is 16.8. The van der Waals surface area contributed by atoms with Gasteiger partial charge in [0.25, 0.3) is 0 Å². The van der Waals surface area contributed by atoms with Crippen molar-refractivity contribution in [3.05, 3.63) is 65.5 Å². The molecule has 0 unspecified atom stereocenters. The Hall–Kier alpha value is -1.63. The van der Waals surface area contributed by atoms with E-state index in [1.807, 2.05) is 25.1 Å². The summed E-state index contributed by atoms with van der Waals surface area (Å²) in [6.45, 7) is 8.03. The molecule has 0 amide bonds. The molecule has 4 nitrogen and oxygen atoms in total. The molecule has 0 saturated heterocycles. The largest absolute Gasteiger partial charge is 0.356 e. The van der Waals surface area contributed by atoms with E-state index in [1.165, 1.54) is 5.56 Å². The van der Waals surface area contributed by atoms with Crippen LogP contribution in [0.25, 0.3) is 0 Å². The smallest absolute Gasteiger partial charge is 0.191 e. The van der Waals surface area contributed by atoms with Gasteiger partial charge in [-0.05, 0) is 37.5 Å². The Morgan fingerprint density at radius 2 is 1.69 bits per heavy atom. The van der Waals surface area contributed by atoms with E-state index in [0.29, 0.717) is 6.54 Å². The van der Waals surface area contributed by atoms with Crippen molar-refractivity contribution in [2.24, 2.45) is 4.99 Å². The lowest BCUT2D eigenvalue weighted by molar-refractivity contribution is 0.389. The Kier molecular flexibility index (Phi) is 9.62. The molecule has 2 rings (SSSR count). The normalized spacial score (nSPS) is 11.6. The van der Waals surface area contributed by atoms with Gasteiger partial charge in [-0.3, -0.25) is 9.98 Å². The fraction of sp³-hybridized carbons (Fsp3) is 0.429. The third-order valence-electron chi connectivity index (χ3n) is 4.94. The average Bonchev–Trinajstić information content (AvgIpc) is 2.66. The van der Waals surface area contributed by atoms with Crippen LogP contribution >= 0.6 is 24.0 Å². The zero-order valence-corrected chi connectivity index (χ0v) is 18.6. The van der Waals surface area contributed by atoms with Crippen LogP contribution < -0.4 is 10.6 Å². The molecule has 1 aromatic heterocycles. The Morgan fingerprint density at radius 1 is 1.00 bits per heavy atom. The highest BCUT2D eigenvalue weighted by atomic mass is 127. The molecule has 1 heterocycles. The van der Waals surface area contributed by atoms with Crippen LogP contribution in [0.5, 0.6) is 0 Å². The summed E-state index contributed by atoms with van der Waals surface area (Å²) in [7, 11) is 1.81. The first kappa shape index (κ1) is 22.4. The summed E-state index contributed by atoms with van der Waals surface area (Å²) in [5.74, 6) is 0.811. The number of halogens is 1. The number of aliphatic imine (C=N–C) groups is 1. The van der Waals surface area contributed by atoms with Crippen molar-refractivity contribution in [2.75, 3.05) is 13.6 Å². The summed E-state index contributed by atoms with van der Waals surface area (Å²) in [5, 5.41) is 6.87. The monoisotopic (exact) mass is 466 g/mol. The molecule has 0 aliphatic rings. The fourth-order valence-electron chi connectivity index (χ4n) is 3.15. The first-order valence-corrected chi connectivity index (χ1v) is 9.06. The van der Waals surface area contributed by atoms with Gasteiger partial charge >= 0.3 is 0 Å². The van der Waals surface area contributed by atoms with E-state index >= 15 is 0 Å². The maximum atomic E-state index is 4.52. The minimum Gasteiger partial charge on any atom is -0.356 e. The van der Waals surface area contributed by atoms with Crippen molar-refractivity contribution < 1.29 is 0 Å². The highest BCUT2D eigenvalue weighted by Gasteiger charge is 2.28. The molecule has 142 valence electrons. The van der Waals surface area contributed by atoms with Crippen molar-refractivity contribution in [3.63, 3.8) is 0 Å². The summed E-state index contributed by atoms with van der Waals surface area (Å²) >= 11 is 0. The molecule has 26 heavy (non-hydrogen) atoms. The number of pyridine rings is 1. The lowest BCUT2D eigenvalue weighted by Crippen LogP contribution is -2.45. The van der Waals surface area contributed by atoms with Gasteiger partial charge in [-0.25, -0.2) is 0 Å². The van der Waals surface area contributed by atoms with Crippen LogP contribution in [0.2, 0.25) is 0 Å². The standard InChI is InChI=1S/C21H30N4.HI/c1-5-21(6-2,18-12-8-7-9-13-18)16-24-20(22-4)23-15-19-14-10-11-17(3)25-19;/h7-14H,5-6,15-16H2,1-4H3,(H2,22,23,24);1H. The van der Waals surface area contributed by atoms with Gasteiger partial charge in [-0.15, -0.1) is 24.0 Å². The number of aryl methyl sites for hydroxylation is 1. The summed E-state index contributed by atoms with van der Waals surface area (Å²) in [5.41, 5.74) is 3.54. The first-order chi connectivity index (χ1) is 12.1. The average molecular weight is 466 g/mol. The van der Waals surface area contributed by atoms with Crippen molar-refractivity contribution in [1.82, 2.24) is 15.6 Å². The van der Waals surface area contributed by atoms with Crippen LogP contribution in [-0.4, -0.2) is 24.5 Å². The molecular weight excluding hydrogens is 435 g/mol. The quantitative estimate of drug-likeness (QED) is 0.361. The molecule has 5 heteroatoms. The lowest BCUT2D eigenvalue weighted by Gasteiger charge is -2.33. The van der Waals surface area contributed by atoms with Crippen LogP contribution in [-0.2, 0) is 12.0 Å². The molecule has 2 aromatic rings. The summed E-state index contributed by atoms with van der Waals surface area (Å²) in [6.07, 6.45) is 2.16. The van der Waals surface area contributed by atoms with Gasteiger partial charge in [0.1, 0.15) is 0 Å². The number of rotatable bonds is 7. The molecule has 0 atom stereocenters. The van der Waals surface area contributed by atoms with E-state index in [-0.39, 0.29) is 29.4 Å². The summed E-state index contributed by atoms with van der Waals surface area (Å²) < 4.78 is 0. The molecule has 0 radical (unpaired) electrons. The predicted octanol–water partition coefficient (Wildman–Crippen LogP) is 4.43. The molecule has 0 bridgehead atoms. The van der Waals surface area contributed by atoms with Crippen molar-refractivity contribution in [1.29, 1.82) is 0 Å². The minimum atomic E-state index is 0. The first-order valence-electron chi connectivity index (χ1n) is 9.06. The number of benzene rings is 1. The minimum absolute atomic E-state index is 0. The third-order valence-corrected chi connectivity index (χ3v) is 4.94. The lowest BCUT2D eigenvalue weighted by atomic mass is 9.76. The van der Waals surface area contributed by atoms with E-state index in [2.05, 4.69) is 64.8 Å². The molecule has 2 N–H and O–H groups in total. The predicted molar refractivity (Wildman–Crippen MR) is 121 cm³/mol. The van der Waals surface area contributed by atoms with E-state index in [0.717, 1.165) is 36.7 Å². The van der Waals surface area contributed by atoms with E-state index in [1.54, 1.807) is 7.05 Å². The molecule has 0 aliphatic heterocycles. The van der Waals surface area contributed by atoms with Crippen LogP contribution in [0, 0.1) is 6.92 Å². The number of nitrogens with one attached hydrogen (secondary N) is 2. The van der Waals surface area contributed by atoms with Gasteiger partial charge in [0.2, 0.25) is 0 Å². The van der Waals surface area contributed by atoms with Gasteiger partial charge in [0, 0.05) is 24.7 Å². The van der Waals surface area contributed by atoms with Crippen molar-refractivity contribution in [2.45, 2.75) is 45.6 Å². The molecule has 0 spiro atoms. The van der Waals surface area contributed by atoms with E-state index in [9.17, 15) is 0 Å². The summed E-state index contributed by atoms with van der Waals surface area (Å²) in [4.78, 5) is 8.88. The fourth-order valence-corrected chi connectivity index (χ4v) is 3.15. The Labute approximate surface area is 174 Å². The molecular formula is C21H31IN4. The highest BCUT2D eigenvalue weighted by molar-refractivity contribution is 14.0. The van der Waals surface area contributed by atoms with Gasteiger partial charge in [0.15, 0.2) is 5.96 Å². The van der Waals surface area contributed by atoms with E-state index in [4.69, 9.17) is 0 Å².